The van der Waals surface area contributed by atoms with Crippen LogP contribution in [-0.2, 0) is 5.54 Å². The number of rotatable bonds is 3. The van der Waals surface area contributed by atoms with E-state index in [4.69, 9.17) is 17.3 Å². The predicted molar refractivity (Wildman–Crippen MR) is 90.6 cm³/mol. The molecule has 3 rings (SSSR count). The van der Waals surface area contributed by atoms with Crippen molar-refractivity contribution in [2.45, 2.75) is 52.1 Å². The molecule has 2 aromatic heterocycles. The highest BCUT2D eigenvalue weighted by Crippen LogP contribution is 2.32. The fourth-order valence-electron chi connectivity index (χ4n) is 2.57. The molecular weight excluding hydrogens is 292 g/mol. The number of hydrogen-bond donors (Lipinski definition) is 3. The summed E-state index contributed by atoms with van der Waals surface area (Å²) in [6, 6.07) is 0.359. The van der Waals surface area contributed by atoms with Crippen molar-refractivity contribution < 1.29 is 0 Å². The lowest BCUT2D eigenvalue weighted by atomic mass is 10.1. The number of fused-ring (bicyclic) bond motifs is 1. The molecule has 124 valence electrons. The van der Waals surface area contributed by atoms with E-state index in [0.29, 0.717) is 34.3 Å². The van der Waals surface area contributed by atoms with Gasteiger partial charge < -0.3 is 16.5 Å². The molecule has 0 aromatic carbocycles. The molecule has 0 unspecified atom stereocenters. The number of aromatic nitrogens is 4. The normalized spacial score (nSPS) is 16.6. The Labute approximate surface area is 135 Å². The van der Waals surface area contributed by atoms with Crippen molar-refractivity contribution >= 4 is 22.5 Å². The summed E-state index contributed by atoms with van der Waals surface area (Å²) in [5.74, 6) is 6.50. The second-order valence-electron chi connectivity index (χ2n) is 7.03. The van der Waals surface area contributed by atoms with Crippen molar-refractivity contribution in [3.05, 3.63) is 17.7 Å². The van der Waals surface area contributed by atoms with Crippen LogP contribution in [0, 0.1) is 0 Å². The van der Waals surface area contributed by atoms with Crippen LogP contribution in [0.2, 0.25) is 0 Å². The molecule has 1 aliphatic carbocycles. The van der Waals surface area contributed by atoms with Crippen LogP contribution >= 0.6 is 0 Å². The van der Waals surface area contributed by atoms with Gasteiger partial charge >= 0.3 is 0 Å². The van der Waals surface area contributed by atoms with Crippen molar-refractivity contribution in [2.24, 2.45) is 11.6 Å². The molecule has 0 atom stereocenters. The van der Waals surface area contributed by atoms with Gasteiger partial charge in [-0.1, -0.05) is 0 Å². The summed E-state index contributed by atoms with van der Waals surface area (Å²) < 4.78 is 1.83. The average molecular weight is 316 g/mol. The Kier molecular flexibility index (Phi) is 3.44. The van der Waals surface area contributed by atoms with Crippen LogP contribution in [0.25, 0.3) is 16.7 Å². The first-order valence-electron chi connectivity index (χ1n) is 7.72. The number of hydrogen-bond acceptors (Lipinski definition) is 7. The summed E-state index contributed by atoms with van der Waals surface area (Å²) in [6.07, 6.45) is 3.62. The minimum Gasteiger partial charge on any atom is -0.395 e. The number of anilines is 1. The maximum Gasteiger partial charge on any atom is 0.164 e. The van der Waals surface area contributed by atoms with Crippen molar-refractivity contribution in [3.8, 4) is 0 Å². The van der Waals surface area contributed by atoms with E-state index < -0.39 is 0 Å². The van der Waals surface area contributed by atoms with Crippen LogP contribution in [0.15, 0.2) is 12.0 Å². The van der Waals surface area contributed by atoms with Crippen LogP contribution in [0.5, 0.6) is 0 Å². The number of nitrogens with two attached hydrogens (primary N) is 3. The van der Waals surface area contributed by atoms with Crippen molar-refractivity contribution in [2.75, 3.05) is 5.73 Å². The maximum atomic E-state index is 6.37. The second kappa shape index (κ2) is 5.09. The SMILES string of the molecule is C/C(=C(/N)c1nn(C(C)(C)C)c2ncnc(N)c12)N(N)C1CC1. The van der Waals surface area contributed by atoms with Gasteiger partial charge in [-0.15, -0.1) is 0 Å². The Balaban J connectivity index is 2.23. The highest BCUT2D eigenvalue weighted by Gasteiger charge is 2.30. The van der Waals surface area contributed by atoms with Gasteiger partial charge in [0, 0.05) is 6.04 Å². The molecule has 0 saturated heterocycles. The maximum absolute atomic E-state index is 6.37. The molecule has 1 aliphatic rings. The number of nitrogens with zero attached hydrogens (tertiary/aromatic N) is 5. The highest BCUT2D eigenvalue weighted by atomic mass is 15.4. The quantitative estimate of drug-likeness (QED) is 0.573. The minimum absolute atomic E-state index is 0.260. The predicted octanol–water partition coefficient (Wildman–Crippen LogP) is 1.15. The van der Waals surface area contributed by atoms with E-state index in [-0.39, 0.29) is 5.54 Å². The Hall–Kier alpha value is -2.35. The van der Waals surface area contributed by atoms with Crippen LogP contribution in [-0.4, -0.2) is 30.8 Å². The molecule has 2 aromatic rings. The first-order valence-corrected chi connectivity index (χ1v) is 7.72. The Morgan fingerprint density at radius 1 is 1.30 bits per heavy atom. The summed E-state index contributed by atoms with van der Waals surface area (Å²) >= 11 is 0. The molecule has 0 amide bonds. The molecule has 1 fully saturated rings. The molecule has 8 nitrogen and oxygen atoms in total. The Bertz CT molecular complexity index is 779. The molecule has 0 bridgehead atoms. The van der Waals surface area contributed by atoms with Crippen LogP contribution in [0.4, 0.5) is 5.82 Å². The van der Waals surface area contributed by atoms with Gasteiger partial charge in [0.2, 0.25) is 0 Å². The third kappa shape index (κ3) is 2.59. The average Bonchev–Trinajstić information content (AvgIpc) is 3.24. The monoisotopic (exact) mass is 316 g/mol. The smallest absolute Gasteiger partial charge is 0.164 e. The molecule has 0 aliphatic heterocycles. The van der Waals surface area contributed by atoms with Crippen molar-refractivity contribution in [3.63, 3.8) is 0 Å². The lowest BCUT2D eigenvalue weighted by Gasteiger charge is -2.21. The highest BCUT2D eigenvalue weighted by molar-refractivity contribution is 5.95. The number of allylic oxidation sites excluding steroid dienone is 1. The van der Waals surface area contributed by atoms with E-state index in [1.165, 1.54) is 6.33 Å². The van der Waals surface area contributed by atoms with Crippen LogP contribution in [0.3, 0.4) is 0 Å². The second-order valence-corrected chi connectivity index (χ2v) is 7.03. The van der Waals surface area contributed by atoms with Gasteiger partial charge in [-0.2, -0.15) is 5.10 Å². The van der Waals surface area contributed by atoms with E-state index in [2.05, 4.69) is 15.1 Å². The fourth-order valence-corrected chi connectivity index (χ4v) is 2.57. The largest absolute Gasteiger partial charge is 0.395 e. The fraction of sp³-hybridized carbons (Fsp3) is 0.533. The van der Waals surface area contributed by atoms with Gasteiger partial charge in [0.05, 0.1) is 22.3 Å². The zero-order chi connectivity index (χ0) is 16.9. The summed E-state index contributed by atoms with van der Waals surface area (Å²) in [5, 5.41) is 7.06. The Morgan fingerprint density at radius 2 is 1.96 bits per heavy atom. The first-order chi connectivity index (χ1) is 10.7. The number of hydrazine groups is 1. The molecule has 0 radical (unpaired) electrons. The van der Waals surface area contributed by atoms with Gasteiger partial charge in [-0.05, 0) is 40.5 Å². The van der Waals surface area contributed by atoms with Crippen LogP contribution < -0.4 is 17.3 Å². The molecule has 8 heteroatoms. The zero-order valence-electron chi connectivity index (χ0n) is 14.0. The molecule has 23 heavy (non-hydrogen) atoms. The summed E-state index contributed by atoms with van der Waals surface area (Å²) in [6.45, 7) is 8.05. The third-order valence-electron chi connectivity index (χ3n) is 4.10. The summed E-state index contributed by atoms with van der Waals surface area (Å²) in [5.41, 5.74) is 14.7. The molecule has 6 N–H and O–H groups in total. The molecule has 2 heterocycles. The van der Waals surface area contributed by atoms with E-state index in [1.54, 1.807) is 5.01 Å². The first kappa shape index (κ1) is 15.5. The standard InChI is InChI=1S/C15H24N8/c1-8(22(18)9-5-6-9)11(16)12-10-13(17)19-7-20-14(10)23(21-12)15(2,3)4/h7,9H,5-6,16,18H2,1-4H3,(H2,17,19,20)/b11-8-. The lowest BCUT2D eigenvalue weighted by molar-refractivity contribution is 0.349. The molecule has 1 saturated carbocycles. The summed E-state index contributed by atoms with van der Waals surface area (Å²) in [7, 11) is 0. The third-order valence-corrected chi connectivity index (χ3v) is 4.10. The lowest BCUT2D eigenvalue weighted by Crippen LogP contribution is -2.33. The zero-order valence-corrected chi connectivity index (χ0v) is 14.0. The molecular formula is C15H24N8. The van der Waals surface area contributed by atoms with Crippen LogP contribution in [0.1, 0.15) is 46.2 Å². The topological polar surface area (TPSA) is 125 Å². The van der Waals surface area contributed by atoms with E-state index in [9.17, 15) is 0 Å². The Morgan fingerprint density at radius 3 is 2.52 bits per heavy atom. The van der Waals surface area contributed by atoms with Gasteiger partial charge in [0.25, 0.3) is 0 Å². The minimum atomic E-state index is -0.260. The van der Waals surface area contributed by atoms with E-state index in [1.807, 2.05) is 32.4 Å². The van der Waals surface area contributed by atoms with Gasteiger partial charge in [0.1, 0.15) is 17.8 Å². The summed E-state index contributed by atoms with van der Waals surface area (Å²) in [4.78, 5) is 8.44. The van der Waals surface area contributed by atoms with Gasteiger partial charge in [-0.25, -0.2) is 20.5 Å². The van der Waals surface area contributed by atoms with E-state index >= 15 is 0 Å². The van der Waals surface area contributed by atoms with Gasteiger partial charge in [0.15, 0.2) is 5.65 Å². The molecule has 0 spiro atoms. The van der Waals surface area contributed by atoms with Crippen molar-refractivity contribution in [1.82, 2.24) is 24.8 Å². The number of nitrogen functional groups attached to an aromatic ring is 1. The van der Waals surface area contributed by atoms with Crippen molar-refractivity contribution in [1.29, 1.82) is 0 Å². The van der Waals surface area contributed by atoms with E-state index in [0.717, 1.165) is 18.5 Å². The van der Waals surface area contributed by atoms with Gasteiger partial charge in [-0.3, -0.25) is 0 Å².